The Kier molecular flexibility index (Phi) is 4.26. The number of nitrogens with zero attached hydrogens (tertiary/aromatic N) is 2. The molecular weight excluding hydrogens is 260 g/mol. The smallest absolute Gasteiger partial charge is 0.0702 e. The maximum atomic E-state index is 6.05. The fraction of sp³-hybridized carbons (Fsp3) is 0.600. The molecule has 0 bridgehead atoms. The summed E-state index contributed by atoms with van der Waals surface area (Å²) in [7, 11) is 0. The molecule has 1 aromatic rings. The molecule has 0 radical (unpaired) electrons. The Labute approximate surface area is 120 Å². The first kappa shape index (κ1) is 13.2. The van der Waals surface area contributed by atoms with Crippen LogP contribution < -0.4 is 4.90 Å². The summed E-state index contributed by atoms with van der Waals surface area (Å²) >= 11 is 6.05. The fourth-order valence-corrected chi connectivity index (χ4v) is 3.12. The van der Waals surface area contributed by atoms with E-state index in [1.54, 1.807) is 0 Å². The largest absolute Gasteiger partial charge is 0.377 e. The van der Waals surface area contributed by atoms with Crippen LogP contribution in [0.3, 0.4) is 0 Å². The van der Waals surface area contributed by atoms with Gasteiger partial charge in [0.2, 0.25) is 0 Å². The van der Waals surface area contributed by atoms with Crippen LogP contribution >= 0.6 is 11.6 Å². The van der Waals surface area contributed by atoms with Crippen molar-refractivity contribution in [2.75, 3.05) is 44.2 Å². The lowest BCUT2D eigenvalue weighted by molar-refractivity contribution is 0.0713. The second-order valence-electron chi connectivity index (χ2n) is 5.40. The molecule has 0 aromatic heterocycles. The van der Waals surface area contributed by atoms with Gasteiger partial charge in [-0.25, -0.2) is 0 Å². The van der Waals surface area contributed by atoms with Crippen LogP contribution in [0, 0.1) is 0 Å². The van der Waals surface area contributed by atoms with Crippen molar-refractivity contribution in [2.24, 2.45) is 0 Å². The topological polar surface area (TPSA) is 15.7 Å². The van der Waals surface area contributed by atoms with Crippen molar-refractivity contribution < 1.29 is 4.74 Å². The van der Waals surface area contributed by atoms with Gasteiger partial charge in [-0.05, 0) is 31.0 Å². The second kappa shape index (κ2) is 6.12. The van der Waals surface area contributed by atoms with Gasteiger partial charge in [0.25, 0.3) is 0 Å². The molecule has 2 heterocycles. The standard InChI is InChI=1S/C15H21ClN2O/c16-13-3-1-4-14(11-13)18-8-6-17(7-9-18)12-15-5-2-10-19-15/h1,3-4,11,15H,2,5-10,12H2. The van der Waals surface area contributed by atoms with Crippen molar-refractivity contribution >= 4 is 17.3 Å². The van der Waals surface area contributed by atoms with E-state index in [0.717, 1.165) is 44.4 Å². The van der Waals surface area contributed by atoms with Gasteiger partial charge in [0.15, 0.2) is 0 Å². The molecule has 4 heteroatoms. The van der Waals surface area contributed by atoms with Crippen molar-refractivity contribution in [3.63, 3.8) is 0 Å². The van der Waals surface area contributed by atoms with Gasteiger partial charge in [-0.15, -0.1) is 0 Å². The third kappa shape index (κ3) is 3.41. The average molecular weight is 281 g/mol. The first-order valence-electron chi connectivity index (χ1n) is 7.16. The highest BCUT2D eigenvalue weighted by Crippen LogP contribution is 2.21. The number of hydrogen-bond acceptors (Lipinski definition) is 3. The quantitative estimate of drug-likeness (QED) is 0.847. The van der Waals surface area contributed by atoms with E-state index < -0.39 is 0 Å². The van der Waals surface area contributed by atoms with Gasteiger partial charge in [0.1, 0.15) is 0 Å². The molecule has 1 atom stereocenters. The van der Waals surface area contributed by atoms with E-state index in [1.807, 2.05) is 12.1 Å². The van der Waals surface area contributed by atoms with Crippen molar-refractivity contribution in [1.82, 2.24) is 4.90 Å². The van der Waals surface area contributed by atoms with Gasteiger partial charge in [-0.1, -0.05) is 17.7 Å². The molecule has 2 aliphatic heterocycles. The lowest BCUT2D eigenvalue weighted by Gasteiger charge is -2.37. The molecule has 2 aliphatic rings. The predicted octanol–water partition coefficient (Wildman–Crippen LogP) is 2.64. The molecule has 19 heavy (non-hydrogen) atoms. The maximum absolute atomic E-state index is 6.05. The number of benzene rings is 1. The van der Waals surface area contributed by atoms with Crippen LogP contribution in [0.5, 0.6) is 0 Å². The lowest BCUT2D eigenvalue weighted by Crippen LogP contribution is -2.48. The molecule has 2 saturated heterocycles. The molecule has 1 unspecified atom stereocenters. The molecule has 1 aromatic carbocycles. The second-order valence-corrected chi connectivity index (χ2v) is 5.84. The van der Waals surface area contributed by atoms with Crippen LogP contribution in [0.15, 0.2) is 24.3 Å². The number of anilines is 1. The van der Waals surface area contributed by atoms with Gasteiger partial charge in [-0.3, -0.25) is 4.90 Å². The summed E-state index contributed by atoms with van der Waals surface area (Å²) in [6.45, 7) is 6.44. The zero-order chi connectivity index (χ0) is 13.1. The summed E-state index contributed by atoms with van der Waals surface area (Å²) in [4.78, 5) is 4.94. The van der Waals surface area contributed by atoms with E-state index in [-0.39, 0.29) is 0 Å². The normalized spacial score (nSPS) is 24.9. The Balaban J connectivity index is 1.51. The zero-order valence-corrected chi connectivity index (χ0v) is 12.0. The van der Waals surface area contributed by atoms with Crippen LogP contribution in [0.1, 0.15) is 12.8 Å². The molecule has 0 spiro atoms. The number of ether oxygens (including phenoxy) is 1. The molecule has 2 fully saturated rings. The third-order valence-electron chi connectivity index (χ3n) is 4.03. The van der Waals surface area contributed by atoms with Crippen LogP contribution in [0.25, 0.3) is 0 Å². The predicted molar refractivity (Wildman–Crippen MR) is 79.1 cm³/mol. The molecule has 0 aliphatic carbocycles. The van der Waals surface area contributed by atoms with Crippen LogP contribution in [-0.2, 0) is 4.74 Å². The number of halogens is 1. The Morgan fingerprint density at radius 1 is 1.21 bits per heavy atom. The zero-order valence-electron chi connectivity index (χ0n) is 11.2. The number of piperazine rings is 1. The van der Waals surface area contributed by atoms with E-state index in [4.69, 9.17) is 16.3 Å². The van der Waals surface area contributed by atoms with Gasteiger partial charge >= 0.3 is 0 Å². The number of hydrogen-bond donors (Lipinski definition) is 0. The highest BCUT2D eigenvalue weighted by atomic mass is 35.5. The first-order chi connectivity index (χ1) is 9.31. The van der Waals surface area contributed by atoms with Gasteiger partial charge in [0.05, 0.1) is 6.10 Å². The Morgan fingerprint density at radius 3 is 2.74 bits per heavy atom. The Hall–Kier alpha value is -0.770. The summed E-state index contributed by atoms with van der Waals surface area (Å²) in [6, 6.07) is 8.15. The van der Waals surface area contributed by atoms with Gasteiger partial charge < -0.3 is 9.64 Å². The molecule has 3 nitrogen and oxygen atoms in total. The Bertz CT molecular complexity index is 412. The van der Waals surface area contributed by atoms with E-state index >= 15 is 0 Å². The minimum Gasteiger partial charge on any atom is -0.377 e. The fourth-order valence-electron chi connectivity index (χ4n) is 2.94. The molecule has 0 saturated carbocycles. The van der Waals surface area contributed by atoms with Crippen molar-refractivity contribution in [3.05, 3.63) is 29.3 Å². The molecule has 3 rings (SSSR count). The SMILES string of the molecule is Clc1cccc(N2CCN(CC3CCCO3)CC2)c1. The van der Waals surface area contributed by atoms with Crippen molar-refractivity contribution in [1.29, 1.82) is 0 Å². The summed E-state index contributed by atoms with van der Waals surface area (Å²) in [6.07, 6.45) is 2.93. The lowest BCUT2D eigenvalue weighted by atomic mass is 10.2. The van der Waals surface area contributed by atoms with Crippen molar-refractivity contribution in [3.8, 4) is 0 Å². The molecule has 0 N–H and O–H groups in total. The summed E-state index contributed by atoms with van der Waals surface area (Å²) in [5.74, 6) is 0. The van der Waals surface area contributed by atoms with Crippen LogP contribution in [-0.4, -0.2) is 50.3 Å². The minimum atomic E-state index is 0.470. The van der Waals surface area contributed by atoms with E-state index in [9.17, 15) is 0 Å². The highest BCUT2D eigenvalue weighted by Gasteiger charge is 2.22. The third-order valence-corrected chi connectivity index (χ3v) is 4.27. The van der Waals surface area contributed by atoms with Gasteiger partial charge in [0, 0.05) is 50.0 Å². The first-order valence-corrected chi connectivity index (χ1v) is 7.53. The maximum Gasteiger partial charge on any atom is 0.0702 e. The summed E-state index contributed by atoms with van der Waals surface area (Å²) in [5, 5.41) is 0.819. The van der Waals surface area contributed by atoms with Crippen LogP contribution in [0.2, 0.25) is 5.02 Å². The van der Waals surface area contributed by atoms with Crippen molar-refractivity contribution in [2.45, 2.75) is 18.9 Å². The van der Waals surface area contributed by atoms with Gasteiger partial charge in [-0.2, -0.15) is 0 Å². The van der Waals surface area contributed by atoms with Crippen LogP contribution in [0.4, 0.5) is 5.69 Å². The van der Waals surface area contributed by atoms with E-state index in [2.05, 4.69) is 21.9 Å². The molecular formula is C15H21ClN2O. The molecule has 104 valence electrons. The van der Waals surface area contributed by atoms with E-state index in [0.29, 0.717) is 6.10 Å². The minimum absolute atomic E-state index is 0.470. The summed E-state index contributed by atoms with van der Waals surface area (Å²) in [5.41, 5.74) is 1.24. The Morgan fingerprint density at radius 2 is 2.05 bits per heavy atom. The number of rotatable bonds is 3. The monoisotopic (exact) mass is 280 g/mol. The highest BCUT2D eigenvalue weighted by molar-refractivity contribution is 6.30. The van der Waals surface area contributed by atoms with E-state index in [1.165, 1.54) is 18.5 Å². The molecule has 0 amide bonds. The average Bonchev–Trinajstić information content (AvgIpc) is 2.92. The summed E-state index contributed by atoms with van der Waals surface area (Å²) < 4.78 is 5.71.